The van der Waals surface area contributed by atoms with Gasteiger partial charge in [-0.2, -0.15) is 11.8 Å². The van der Waals surface area contributed by atoms with E-state index in [1.165, 1.54) is 5.56 Å². The first-order valence-corrected chi connectivity index (χ1v) is 7.90. The molecule has 0 atom stereocenters. The molecule has 2 aromatic rings. The van der Waals surface area contributed by atoms with Gasteiger partial charge in [0.1, 0.15) is 5.75 Å². The molecule has 2 rings (SSSR count). The number of benzene rings is 2. The van der Waals surface area contributed by atoms with Crippen LogP contribution in [0.4, 0.5) is 4.79 Å². The van der Waals surface area contributed by atoms with Gasteiger partial charge in [-0.05, 0) is 23.3 Å². The zero-order valence-corrected chi connectivity index (χ0v) is 13.0. The van der Waals surface area contributed by atoms with Crippen molar-refractivity contribution < 1.29 is 19.1 Å². The van der Waals surface area contributed by atoms with Crippen LogP contribution in [0.3, 0.4) is 0 Å². The summed E-state index contributed by atoms with van der Waals surface area (Å²) >= 11 is 1.81. The van der Waals surface area contributed by atoms with Gasteiger partial charge in [-0.25, -0.2) is 4.79 Å². The third-order valence-corrected chi connectivity index (χ3v) is 3.81. The van der Waals surface area contributed by atoms with Crippen LogP contribution in [0, 0.1) is 0 Å². The van der Waals surface area contributed by atoms with E-state index in [1.54, 1.807) is 12.1 Å². The Morgan fingerprint density at radius 1 is 0.909 bits per heavy atom. The van der Waals surface area contributed by atoms with Gasteiger partial charge in [0.25, 0.3) is 0 Å². The quantitative estimate of drug-likeness (QED) is 0.470. The second-order valence-corrected chi connectivity index (χ2v) is 5.55. The van der Waals surface area contributed by atoms with Crippen molar-refractivity contribution in [3.8, 4) is 5.75 Å². The fraction of sp³-hybridized carbons (Fsp3) is 0.176. The average Bonchev–Trinajstić information content (AvgIpc) is 2.49. The molecule has 2 aromatic carbocycles. The SMILES string of the molecule is CC(=O)OC(=O)Oc1ccc(CSCc2ccccc2)cc1. The van der Waals surface area contributed by atoms with E-state index < -0.39 is 12.1 Å². The van der Waals surface area contributed by atoms with Crippen molar-refractivity contribution in [2.75, 3.05) is 0 Å². The number of rotatable bonds is 5. The van der Waals surface area contributed by atoms with Gasteiger partial charge in [-0.1, -0.05) is 42.5 Å². The summed E-state index contributed by atoms with van der Waals surface area (Å²) in [6.45, 7) is 1.15. The van der Waals surface area contributed by atoms with Gasteiger partial charge in [0.2, 0.25) is 0 Å². The Bertz CT molecular complexity index is 623. The van der Waals surface area contributed by atoms with Crippen molar-refractivity contribution in [2.45, 2.75) is 18.4 Å². The lowest BCUT2D eigenvalue weighted by Crippen LogP contribution is -2.13. The van der Waals surface area contributed by atoms with E-state index in [0.29, 0.717) is 5.75 Å². The average molecular weight is 316 g/mol. The highest BCUT2D eigenvalue weighted by Gasteiger charge is 2.08. The van der Waals surface area contributed by atoms with Crippen molar-refractivity contribution in [3.05, 3.63) is 65.7 Å². The molecule has 0 spiro atoms. The van der Waals surface area contributed by atoms with Gasteiger partial charge in [0.05, 0.1) is 0 Å². The first kappa shape index (κ1) is 16.1. The van der Waals surface area contributed by atoms with E-state index >= 15 is 0 Å². The van der Waals surface area contributed by atoms with E-state index in [2.05, 4.69) is 16.9 Å². The Labute approximate surface area is 133 Å². The molecule has 0 amide bonds. The first-order chi connectivity index (χ1) is 10.6. The van der Waals surface area contributed by atoms with Gasteiger partial charge in [-0.15, -0.1) is 0 Å². The smallest absolute Gasteiger partial charge is 0.395 e. The topological polar surface area (TPSA) is 52.6 Å². The maximum absolute atomic E-state index is 11.2. The third kappa shape index (κ3) is 5.61. The minimum Gasteiger partial charge on any atom is -0.395 e. The van der Waals surface area contributed by atoms with E-state index in [0.717, 1.165) is 24.0 Å². The number of esters is 1. The molecule has 0 saturated heterocycles. The Morgan fingerprint density at radius 2 is 1.50 bits per heavy atom. The molecule has 0 aliphatic carbocycles. The van der Waals surface area contributed by atoms with Crippen LogP contribution < -0.4 is 4.74 Å². The van der Waals surface area contributed by atoms with Crippen LogP contribution in [0.5, 0.6) is 5.75 Å². The minimum absolute atomic E-state index is 0.350. The second kappa shape index (κ2) is 8.24. The van der Waals surface area contributed by atoms with Gasteiger partial charge >= 0.3 is 12.1 Å². The first-order valence-electron chi connectivity index (χ1n) is 6.74. The maximum Gasteiger partial charge on any atom is 0.521 e. The molecule has 0 aliphatic rings. The number of carbonyl (C=O) groups is 2. The highest BCUT2D eigenvalue weighted by molar-refractivity contribution is 7.97. The van der Waals surface area contributed by atoms with Crippen LogP contribution in [-0.4, -0.2) is 12.1 Å². The third-order valence-electron chi connectivity index (χ3n) is 2.73. The lowest BCUT2D eigenvalue weighted by atomic mass is 10.2. The van der Waals surface area contributed by atoms with Gasteiger partial charge in [0.15, 0.2) is 0 Å². The highest BCUT2D eigenvalue weighted by atomic mass is 32.2. The Morgan fingerprint density at radius 3 is 2.09 bits per heavy atom. The molecular weight excluding hydrogens is 300 g/mol. The monoisotopic (exact) mass is 316 g/mol. The molecule has 22 heavy (non-hydrogen) atoms. The normalized spacial score (nSPS) is 10.0. The Hall–Kier alpha value is -2.27. The molecule has 0 heterocycles. The zero-order valence-electron chi connectivity index (χ0n) is 12.2. The number of thioether (sulfide) groups is 1. The van der Waals surface area contributed by atoms with E-state index in [1.807, 2.05) is 42.1 Å². The van der Waals surface area contributed by atoms with Crippen LogP contribution >= 0.6 is 11.8 Å². The summed E-state index contributed by atoms with van der Waals surface area (Å²) in [5.74, 6) is 1.47. The van der Waals surface area contributed by atoms with Gasteiger partial charge in [0, 0.05) is 18.4 Å². The van der Waals surface area contributed by atoms with Crippen LogP contribution in [0.2, 0.25) is 0 Å². The van der Waals surface area contributed by atoms with Crippen LogP contribution in [0.1, 0.15) is 18.1 Å². The molecule has 0 saturated carbocycles. The molecule has 4 nitrogen and oxygen atoms in total. The van der Waals surface area contributed by atoms with E-state index in [4.69, 9.17) is 4.74 Å². The van der Waals surface area contributed by atoms with Crippen LogP contribution in [0.15, 0.2) is 54.6 Å². The van der Waals surface area contributed by atoms with Crippen LogP contribution in [0.25, 0.3) is 0 Å². The van der Waals surface area contributed by atoms with E-state index in [-0.39, 0.29) is 0 Å². The van der Waals surface area contributed by atoms with Crippen molar-refractivity contribution >= 4 is 23.9 Å². The highest BCUT2D eigenvalue weighted by Crippen LogP contribution is 2.20. The Balaban J connectivity index is 1.79. The summed E-state index contributed by atoms with van der Waals surface area (Å²) in [5.41, 5.74) is 2.42. The standard InChI is InChI=1S/C17H16O4S/c1-13(18)20-17(19)21-16-9-7-15(8-10-16)12-22-11-14-5-3-2-4-6-14/h2-10H,11-12H2,1H3. The molecule has 0 unspecified atom stereocenters. The summed E-state index contributed by atoms with van der Waals surface area (Å²) in [7, 11) is 0. The summed E-state index contributed by atoms with van der Waals surface area (Å²) in [4.78, 5) is 21.8. The Kier molecular flexibility index (Phi) is 6.03. The molecule has 0 bridgehead atoms. The van der Waals surface area contributed by atoms with Gasteiger partial charge in [-0.3, -0.25) is 4.79 Å². The summed E-state index contributed by atoms with van der Waals surface area (Å²) < 4.78 is 9.16. The summed E-state index contributed by atoms with van der Waals surface area (Å²) in [6.07, 6.45) is -1.02. The largest absolute Gasteiger partial charge is 0.521 e. The fourth-order valence-corrected chi connectivity index (χ4v) is 2.71. The molecule has 0 fully saturated rings. The molecule has 114 valence electrons. The van der Waals surface area contributed by atoms with Crippen molar-refractivity contribution in [2.24, 2.45) is 0 Å². The van der Waals surface area contributed by atoms with Crippen molar-refractivity contribution in [3.63, 3.8) is 0 Å². The summed E-state index contributed by atoms with van der Waals surface area (Å²) in [5, 5.41) is 0. The van der Waals surface area contributed by atoms with Crippen molar-refractivity contribution in [1.29, 1.82) is 0 Å². The fourth-order valence-electron chi connectivity index (χ4n) is 1.75. The second-order valence-electron chi connectivity index (χ2n) is 4.57. The number of hydrogen-bond acceptors (Lipinski definition) is 5. The molecule has 0 aromatic heterocycles. The van der Waals surface area contributed by atoms with Gasteiger partial charge < -0.3 is 9.47 Å². The predicted octanol–water partition coefficient (Wildman–Crippen LogP) is 4.18. The zero-order chi connectivity index (χ0) is 15.8. The lowest BCUT2D eigenvalue weighted by molar-refractivity contribution is -0.136. The maximum atomic E-state index is 11.2. The number of ether oxygens (including phenoxy) is 2. The molecule has 0 radical (unpaired) electrons. The predicted molar refractivity (Wildman–Crippen MR) is 85.7 cm³/mol. The number of carbonyl (C=O) groups excluding carboxylic acids is 2. The van der Waals surface area contributed by atoms with E-state index in [9.17, 15) is 9.59 Å². The lowest BCUT2D eigenvalue weighted by Gasteiger charge is -2.05. The molecule has 5 heteroatoms. The molecule has 0 aliphatic heterocycles. The minimum atomic E-state index is -1.02. The number of hydrogen-bond donors (Lipinski definition) is 0. The molecular formula is C17H16O4S. The van der Waals surface area contributed by atoms with Crippen LogP contribution in [-0.2, 0) is 21.0 Å². The molecule has 0 N–H and O–H groups in total. The van der Waals surface area contributed by atoms with Crippen molar-refractivity contribution in [1.82, 2.24) is 0 Å². The summed E-state index contributed by atoms with van der Waals surface area (Å²) in [6, 6.07) is 17.4.